The number of piperidine rings is 1. The Morgan fingerprint density at radius 3 is 2.48 bits per heavy atom. The second-order valence-corrected chi connectivity index (χ2v) is 5.52. The monoisotopic (exact) mass is 287 g/mol. The highest BCUT2D eigenvalue weighted by atomic mass is 16.2. The average Bonchev–Trinajstić information content (AvgIpc) is 2.53. The van der Waals surface area contributed by atoms with Gasteiger partial charge in [0.25, 0.3) is 0 Å². The predicted molar refractivity (Wildman–Crippen MR) is 81.0 cm³/mol. The van der Waals surface area contributed by atoms with Gasteiger partial charge in [-0.2, -0.15) is 5.26 Å². The Hall–Kier alpha value is -2.29. The fourth-order valence-corrected chi connectivity index (χ4v) is 2.59. The Balaban J connectivity index is 1.93. The summed E-state index contributed by atoms with van der Waals surface area (Å²) in [6.07, 6.45) is 3.46. The zero-order valence-electron chi connectivity index (χ0n) is 12.8. The molecule has 1 aromatic rings. The smallest absolute Gasteiger partial charge is 0.319 e. The maximum absolute atomic E-state index is 12.0. The summed E-state index contributed by atoms with van der Waals surface area (Å²) < 4.78 is 0. The Morgan fingerprint density at radius 2 is 2.00 bits per heavy atom. The van der Waals surface area contributed by atoms with Gasteiger partial charge < -0.3 is 14.7 Å². The van der Waals surface area contributed by atoms with E-state index >= 15 is 0 Å². The Bertz CT molecular complexity index is 526. The van der Waals surface area contributed by atoms with Gasteiger partial charge in [-0.3, -0.25) is 0 Å². The highest BCUT2D eigenvalue weighted by Gasteiger charge is 2.26. The van der Waals surface area contributed by atoms with E-state index in [2.05, 4.69) is 16.0 Å². The summed E-state index contributed by atoms with van der Waals surface area (Å²) in [5, 5.41) is 8.79. The van der Waals surface area contributed by atoms with Crippen LogP contribution in [-0.2, 0) is 0 Å². The predicted octanol–water partition coefficient (Wildman–Crippen LogP) is 1.54. The van der Waals surface area contributed by atoms with E-state index in [1.54, 1.807) is 31.3 Å². The number of nitriles is 1. The van der Waals surface area contributed by atoms with E-state index in [0.717, 1.165) is 31.7 Å². The molecular formula is C15H21N5O. The van der Waals surface area contributed by atoms with Gasteiger partial charge in [0, 0.05) is 46.5 Å². The molecule has 112 valence electrons. The molecule has 0 radical (unpaired) electrons. The standard InChI is InChI=1S/C15H21N5O/c1-18(2)15(21)19(3)13-6-8-20(9-7-13)14-5-4-12(10-16)11-17-14/h4-5,11,13H,6-9H2,1-3H3. The zero-order chi connectivity index (χ0) is 15.4. The molecule has 0 aromatic carbocycles. The molecule has 0 bridgehead atoms. The number of anilines is 1. The molecule has 1 aliphatic heterocycles. The summed E-state index contributed by atoms with van der Waals surface area (Å²) in [7, 11) is 5.41. The van der Waals surface area contributed by atoms with Crippen molar-refractivity contribution in [3.63, 3.8) is 0 Å². The van der Waals surface area contributed by atoms with Crippen LogP contribution in [-0.4, -0.2) is 61.1 Å². The topological polar surface area (TPSA) is 63.5 Å². The first-order valence-corrected chi connectivity index (χ1v) is 7.08. The van der Waals surface area contributed by atoms with Crippen LogP contribution in [0.2, 0.25) is 0 Å². The van der Waals surface area contributed by atoms with Crippen molar-refractivity contribution >= 4 is 11.8 Å². The van der Waals surface area contributed by atoms with Gasteiger partial charge in [-0.15, -0.1) is 0 Å². The number of carbonyl (C=O) groups excluding carboxylic acids is 1. The lowest BCUT2D eigenvalue weighted by Crippen LogP contribution is -2.48. The molecule has 0 unspecified atom stereocenters. The normalized spacial score (nSPS) is 15.4. The number of urea groups is 1. The van der Waals surface area contributed by atoms with E-state index in [0.29, 0.717) is 5.56 Å². The van der Waals surface area contributed by atoms with Crippen molar-refractivity contribution in [2.45, 2.75) is 18.9 Å². The summed E-state index contributed by atoms with van der Waals surface area (Å²) in [4.78, 5) is 21.9. The number of amides is 2. The first-order chi connectivity index (χ1) is 10.0. The number of nitrogens with zero attached hydrogens (tertiary/aromatic N) is 5. The van der Waals surface area contributed by atoms with E-state index in [9.17, 15) is 4.79 Å². The van der Waals surface area contributed by atoms with Gasteiger partial charge in [-0.05, 0) is 25.0 Å². The lowest BCUT2D eigenvalue weighted by Gasteiger charge is -2.38. The van der Waals surface area contributed by atoms with Gasteiger partial charge in [-0.25, -0.2) is 9.78 Å². The molecule has 1 aliphatic rings. The number of rotatable bonds is 2. The number of aromatic nitrogens is 1. The van der Waals surface area contributed by atoms with E-state index in [-0.39, 0.29) is 12.1 Å². The summed E-state index contributed by atoms with van der Waals surface area (Å²) in [6, 6.07) is 6.06. The van der Waals surface area contributed by atoms with Crippen molar-refractivity contribution in [1.82, 2.24) is 14.8 Å². The molecule has 6 nitrogen and oxygen atoms in total. The number of hydrogen-bond donors (Lipinski definition) is 0. The van der Waals surface area contributed by atoms with Crippen LogP contribution < -0.4 is 4.90 Å². The third-order valence-electron chi connectivity index (χ3n) is 3.90. The third-order valence-corrected chi connectivity index (χ3v) is 3.90. The Morgan fingerprint density at radius 1 is 1.33 bits per heavy atom. The van der Waals surface area contributed by atoms with E-state index in [1.165, 1.54) is 0 Å². The largest absolute Gasteiger partial charge is 0.356 e. The van der Waals surface area contributed by atoms with Crippen LogP contribution >= 0.6 is 0 Å². The van der Waals surface area contributed by atoms with Crippen LogP contribution in [0.5, 0.6) is 0 Å². The summed E-state index contributed by atoms with van der Waals surface area (Å²) in [5.41, 5.74) is 0.574. The molecule has 2 heterocycles. The second kappa shape index (κ2) is 6.44. The summed E-state index contributed by atoms with van der Waals surface area (Å²) in [5.74, 6) is 0.897. The molecule has 1 saturated heterocycles. The molecule has 1 fully saturated rings. The lowest BCUT2D eigenvalue weighted by atomic mass is 10.0. The quantitative estimate of drug-likeness (QED) is 0.827. The third kappa shape index (κ3) is 3.43. The first kappa shape index (κ1) is 15.1. The average molecular weight is 287 g/mol. The fourth-order valence-electron chi connectivity index (χ4n) is 2.59. The molecule has 2 rings (SSSR count). The Labute approximate surface area is 125 Å². The van der Waals surface area contributed by atoms with Crippen molar-refractivity contribution in [3.8, 4) is 6.07 Å². The van der Waals surface area contributed by atoms with Crippen LogP contribution in [0.15, 0.2) is 18.3 Å². The molecule has 1 aromatic heterocycles. The molecule has 0 aliphatic carbocycles. The van der Waals surface area contributed by atoms with Crippen LogP contribution in [0.25, 0.3) is 0 Å². The minimum atomic E-state index is 0.0462. The van der Waals surface area contributed by atoms with E-state index < -0.39 is 0 Å². The second-order valence-electron chi connectivity index (χ2n) is 5.52. The van der Waals surface area contributed by atoms with Crippen molar-refractivity contribution < 1.29 is 4.79 Å². The SMILES string of the molecule is CN(C)C(=O)N(C)C1CCN(c2ccc(C#N)cn2)CC1. The van der Waals surface area contributed by atoms with Gasteiger partial charge in [-0.1, -0.05) is 0 Å². The number of carbonyl (C=O) groups is 1. The van der Waals surface area contributed by atoms with Crippen molar-refractivity contribution in [2.75, 3.05) is 39.1 Å². The summed E-state index contributed by atoms with van der Waals surface area (Å²) >= 11 is 0. The molecule has 21 heavy (non-hydrogen) atoms. The fraction of sp³-hybridized carbons (Fsp3) is 0.533. The highest BCUT2D eigenvalue weighted by Crippen LogP contribution is 2.21. The minimum absolute atomic E-state index is 0.0462. The van der Waals surface area contributed by atoms with E-state index in [1.807, 2.05) is 18.0 Å². The van der Waals surface area contributed by atoms with Gasteiger partial charge >= 0.3 is 6.03 Å². The highest BCUT2D eigenvalue weighted by molar-refractivity contribution is 5.73. The van der Waals surface area contributed by atoms with Gasteiger partial charge in [0.2, 0.25) is 0 Å². The van der Waals surface area contributed by atoms with Crippen LogP contribution in [0.4, 0.5) is 10.6 Å². The van der Waals surface area contributed by atoms with Crippen LogP contribution in [0.3, 0.4) is 0 Å². The number of hydrogen-bond acceptors (Lipinski definition) is 4. The van der Waals surface area contributed by atoms with Crippen molar-refractivity contribution in [1.29, 1.82) is 5.26 Å². The molecule has 2 amide bonds. The number of pyridine rings is 1. The first-order valence-electron chi connectivity index (χ1n) is 7.08. The van der Waals surface area contributed by atoms with Crippen molar-refractivity contribution in [2.24, 2.45) is 0 Å². The molecule has 0 spiro atoms. The molecule has 0 saturated carbocycles. The van der Waals surface area contributed by atoms with Crippen LogP contribution in [0, 0.1) is 11.3 Å². The van der Waals surface area contributed by atoms with Gasteiger partial charge in [0.1, 0.15) is 11.9 Å². The summed E-state index contributed by atoms with van der Waals surface area (Å²) in [6.45, 7) is 1.74. The maximum atomic E-state index is 12.0. The van der Waals surface area contributed by atoms with Crippen molar-refractivity contribution in [3.05, 3.63) is 23.9 Å². The molecule has 6 heteroatoms. The van der Waals surface area contributed by atoms with Gasteiger partial charge in [0.05, 0.1) is 5.56 Å². The maximum Gasteiger partial charge on any atom is 0.319 e. The van der Waals surface area contributed by atoms with Crippen LogP contribution in [0.1, 0.15) is 18.4 Å². The van der Waals surface area contributed by atoms with E-state index in [4.69, 9.17) is 5.26 Å². The molecule has 0 N–H and O–H groups in total. The molecule has 0 atom stereocenters. The lowest BCUT2D eigenvalue weighted by molar-refractivity contribution is 0.155. The molecular weight excluding hydrogens is 266 g/mol. The minimum Gasteiger partial charge on any atom is -0.356 e. The Kier molecular flexibility index (Phi) is 4.63. The van der Waals surface area contributed by atoms with Gasteiger partial charge in [0.15, 0.2) is 0 Å². The zero-order valence-corrected chi connectivity index (χ0v) is 12.8.